The average Bonchev–Trinajstić information content (AvgIpc) is 3.53. The van der Waals surface area contributed by atoms with Crippen LogP contribution in [0.3, 0.4) is 0 Å². The maximum Gasteiger partial charge on any atom is 0.177 e. The molecule has 168 valence electrons. The zero-order valence-corrected chi connectivity index (χ0v) is 19.7. The van der Waals surface area contributed by atoms with E-state index in [1.165, 1.54) is 37.3 Å². The summed E-state index contributed by atoms with van der Waals surface area (Å²) in [5, 5.41) is 0.706. The number of hydrogen-bond donors (Lipinski definition) is 0. The maximum absolute atomic E-state index is 11.5. The van der Waals surface area contributed by atoms with Gasteiger partial charge in [0.25, 0.3) is 0 Å². The largest absolute Gasteiger partial charge is 0.375 e. The number of nitrogens with zero attached hydrogens (tertiary/aromatic N) is 3. The van der Waals surface area contributed by atoms with Crippen LogP contribution in [-0.2, 0) is 27.6 Å². The van der Waals surface area contributed by atoms with E-state index in [1.54, 1.807) is 18.3 Å². The Labute approximate surface area is 189 Å². The molecular weight excluding hydrogens is 434 g/mol. The molecule has 1 saturated heterocycles. The van der Waals surface area contributed by atoms with Gasteiger partial charge in [0.2, 0.25) is 0 Å². The molecule has 0 radical (unpaired) electrons. The molecule has 6 nitrogen and oxygen atoms in total. The second-order valence-corrected chi connectivity index (χ2v) is 11.2. The summed E-state index contributed by atoms with van der Waals surface area (Å²) in [5.41, 5.74) is 1.99. The van der Waals surface area contributed by atoms with Crippen LogP contribution < -0.4 is 4.90 Å². The summed E-state index contributed by atoms with van der Waals surface area (Å²) < 4.78 is 28.9. The van der Waals surface area contributed by atoms with Crippen LogP contribution in [0.15, 0.2) is 35.5 Å². The zero-order valence-electron chi connectivity index (χ0n) is 18.1. The number of ether oxygens (including phenoxy) is 1. The molecule has 0 spiro atoms. The van der Waals surface area contributed by atoms with E-state index in [1.807, 2.05) is 6.07 Å². The summed E-state index contributed by atoms with van der Waals surface area (Å²) in [6.45, 7) is 5.42. The lowest BCUT2D eigenvalue weighted by molar-refractivity contribution is 0.102. The Hall–Kier alpha value is -1.70. The van der Waals surface area contributed by atoms with Gasteiger partial charge in [-0.3, -0.25) is 4.98 Å². The lowest BCUT2D eigenvalue weighted by Crippen LogP contribution is -2.35. The first-order valence-corrected chi connectivity index (χ1v) is 13.2. The molecule has 0 bridgehead atoms. The molecule has 0 aromatic carbocycles. The van der Waals surface area contributed by atoms with Crippen LogP contribution in [0.4, 0.5) is 5.82 Å². The van der Waals surface area contributed by atoms with E-state index in [0.717, 1.165) is 49.5 Å². The second kappa shape index (κ2) is 9.43. The molecule has 4 rings (SSSR count). The highest BCUT2D eigenvalue weighted by atomic mass is 35.5. The van der Waals surface area contributed by atoms with E-state index in [2.05, 4.69) is 21.8 Å². The van der Waals surface area contributed by atoms with Crippen LogP contribution in [0.2, 0.25) is 5.02 Å². The van der Waals surface area contributed by atoms with Gasteiger partial charge < -0.3 is 9.64 Å². The van der Waals surface area contributed by atoms with Gasteiger partial charge in [-0.05, 0) is 67.2 Å². The van der Waals surface area contributed by atoms with Crippen molar-refractivity contribution in [2.24, 2.45) is 17.8 Å². The Morgan fingerprint density at radius 1 is 1.19 bits per heavy atom. The van der Waals surface area contributed by atoms with Crippen molar-refractivity contribution >= 4 is 27.3 Å². The standard InChI is InChI=1S/C23H30ClN3O3S/c1-3-16-10-19(24)12-26-23(16)27-8-6-17(7-9-27)22-11-18(22)14-30-15-20-4-5-21(13-25-20)31(2,28)29/h4-5,10,12-13,17-18,22H,3,6-9,11,14-15H2,1-2H3. The van der Waals surface area contributed by atoms with Gasteiger partial charge >= 0.3 is 0 Å². The van der Waals surface area contributed by atoms with E-state index < -0.39 is 9.84 Å². The average molecular weight is 464 g/mol. The van der Waals surface area contributed by atoms with E-state index in [0.29, 0.717) is 17.5 Å². The Morgan fingerprint density at radius 3 is 2.61 bits per heavy atom. The number of piperidine rings is 1. The van der Waals surface area contributed by atoms with Gasteiger partial charge in [-0.25, -0.2) is 13.4 Å². The van der Waals surface area contributed by atoms with E-state index in [4.69, 9.17) is 16.3 Å². The maximum atomic E-state index is 11.5. The fourth-order valence-corrected chi connectivity index (χ4v) is 5.37. The number of aryl methyl sites for hydroxylation is 1. The molecule has 2 aliphatic rings. The van der Waals surface area contributed by atoms with E-state index in [-0.39, 0.29) is 4.90 Å². The van der Waals surface area contributed by atoms with Crippen LogP contribution in [0.25, 0.3) is 0 Å². The van der Waals surface area contributed by atoms with Crippen molar-refractivity contribution in [3.05, 3.63) is 46.9 Å². The molecule has 3 heterocycles. The summed E-state index contributed by atoms with van der Waals surface area (Å²) in [6, 6.07) is 5.36. The SMILES string of the molecule is CCc1cc(Cl)cnc1N1CCC(C2CC2COCc2ccc(S(C)(=O)=O)cn2)CC1. The molecule has 2 aromatic heterocycles. The van der Waals surface area contributed by atoms with Crippen LogP contribution >= 0.6 is 11.6 Å². The van der Waals surface area contributed by atoms with Crippen LogP contribution in [-0.4, -0.2) is 44.3 Å². The normalized spacial score (nSPS) is 22.0. The van der Waals surface area contributed by atoms with Crippen LogP contribution in [0.1, 0.15) is 37.4 Å². The summed E-state index contributed by atoms with van der Waals surface area (Å²) in [7, 11) is -3.21. The molecule has 2 aromatic rings. The van der Waals surface area contributed by atoms with Gasteiger partial charge in [0, 0.05) is 31.7 Å². The molecule has 0 amide bonds. The summed E-state index contributed by atoms with van der Waals surface area (Å²) in [5.74, 6) is 3.24. The number of hydrogen-bond acceptors (Lipinski definition) is 6. The fourth-order valence-electron chi connectivity index (χ4n) is 4.63. The lowest BCUT2D eigenvalue weighted by Gasteiger charge is -2.34. The van der Waals surface area contributed by atoms with Crippen molar-refractivity contribution < 1.29 is 13.2 Å². The highest BCUT2D eigenvalue weighted by molar-refractivity contribution is 7.90. The number of sulfone groups is 1. The van der Waals surface area contributed by atoms with Gasteiger partial charge in [0.05, 0.1) is 28.8 Å². The number of anilines is 1. The van der Waals surface area contributed by atoms with Gasteiger partial charge in [-0.15, -0.1) is 0 Å². The Morgan fingerprint density at radius 2 is 1.97 bits per heavy atom. The predicted molar refractivity (Wildman–Crippen MR) is 122 cm³/mol. The molecule has 2 atom stereocenters. The molecule has 1 aliphatic heterocycles. The van der Waals surface area contributed by atoms with Crippen molar-refractivity contribution in [3.63, 3.8) is 0 Å². The molecule has 2 unspecified atom stereocenters. The van der Waals surface area contributed by atoms with Gasteiger partial charge in [0.15, 0.2) is 9.84 Å². The topological polar surface area (TPSA) is 72.4 Å². The minimum absolute atomic E-state index is 0.240. The highest BCUT2D eigenvalue weighted by Crippen LogP contribution is 2.48. The number of aromatic nitrogens is 2. The van der Waals surface area contributed by atoms with Crippen molar-refractivity contribution in [2.45, 2.75) is 44.1 Å². The predicted octanol–water partition coefficient (Wildman–Crippen LogP) is 4.17. The van der Waals surface area contributed by atoms with Gasteiger partial charge in [-0.1, -0.05) is 18.5 Å². The summed E-state index contributed by atoms with van der Waals surface area (Å²) >= 11 is 6.11. The van der Waals surface area contributed by atoms with E-state index in [9.17, 15) is 8.42 Å². The lowest BCUT2D eigenvalue weighted by atomic mass is 9.90. The fraction of sp³-hybridized carbons (Fsp3) is 0.565. The van der Waals surface area contributed by atoms with Crippen LogP contribution in [0.5, 0.6) is 0 Å². The second-order valence-electron chi connectivity index (χ2n) is 8.75. The van der Waals surface area contributed by atoms with Crippen molar-refractivity contribution in [2.75, 3.05) is 30.9 Å². The van der Waals surface area contributed by atoms with E-state index >= 15 is 0 Å². The van der Waals surface area contributed by atoms with Gasteiger partial charge in [0.1, 0.15) is 5.82 Å². The Kier molecular flexibility index (Phi) is 6.84. The van der Waals surface area contributed by atoms with Crippen molar-refractivity contribution in [3.8, 4) is 0 Å². The first-order chi connectivity index (χ1) is 14.8. The first kappa shape index (κ1) is 22.5. The Balaban J connectivity index is 1.21. The molecule has 8 heteroatoms. The van der Waals surface area contributed by atoms with Crippen molar-refractivity contribution in [1.29, 1.82) is 0 Å². The highest BCUT2D eigenvalue weighted by Gasteiger charge is 2.43. The smallest absolute Gasteiger partial charge is 0.177 e. The minimum Gasteiger partial charge on any atom is -0.375 e. The third-order valence-corrected chi connectivity index (χ3v) is 7.82. The quantitative estimate of drug-likeness (QED) is 0.585. The zero-order chi connectivity index (χ0) is 22.0. The minimum atomic E-state index is -3.21. The van der Waals surface area contributed by atoms with Gasteiger partial charge in [-0.2, -0.15) is 0 Å². The molecule has 1 saturated carbocycles. The molecule has 0 N–H and O–H groups in total. The number of rotatable bonds is 8. The molecule has 2 fully saturated rings. The summed E-state index contributed by atoms with van der Waals surface area (Å²) in [6.07, 6.45) is 8.92. The third-order valence-electron chi connectivity index (χ3n) is 6.52. The van der Waals surface area contributed by atoms with Crippen LogP contribution in [0, 0.1) is 17.8 Å². The first-order valence-electron chi connectivity index (χ1n) is 11.0. The molecular formula is C23H30ClN3O3S. The summed E-state index contributed by atoms with van der Waals surface area (Å²) in [4.78, 5) is 11.4. The van der Waals surface area contributed by atoms with Crippen molar-refractivity contribution in [1.82, 2.24) is 9.97 Å². The molecule has 31 heavy (non-hydrogen) atoms. The number of halogens is 1. The Bertz CT molecular complexity index is 1010. The monoisotopic (exact) mass is 463 g/mol. The number of pyridine rings is 2. The third kappa shape index (κ3) is 5.57. The molecule has 1 aliphatic carbocycles.